The van der Waals surface area contributed by atoms with Crippen molar-refractivity contribution in [2.45, 2.75) is 12.2 Å². The maximum atomic E-state index is 12.2. The SMILES string of the molecule is COc1ccc(NC(=O)C(C)SCC(=O)Nc2ccccc2OC)cc1. The van der Waals surface area contributed by atoms with Gasteiger partial charge in [-0.25, -0.2) is 0 Å². The zero-order valence-corrected chi connectivity index (χ0v) is 15.8. The lowest BCUT2D eigenvalue weighted by Crippen LogP contribution is -2.25. The highest BCUT2D eigenvalue weighted by molar-refractivity contribution is 8.01. The second kappa shape index (κ2) is 9.72. The molecule has 0 aromatic heterocycles. The van der Waals surface area contributed by atoms with E-state index in [1.807, 2.05) is 12.1 Å². The van der Waals surface area contributed by atoms with Crippen molar-refractivity contribution in [3.8, 4) is 11.5 Å². The number of carbonyl (C=O) groups excluding carboxylic acids is 2. The predicted octanol–water partition coefficient (Wildman–Crippen LogP) is 3.40. The van der Waals surface area contributed by atoms with Gasteiger partial charge in [-0.3, -0.25) is 9.59 Å². The van der Waals surface area contributed by atoms with Crippen LogP contribution in [-0.2, 0) is 9.59 Å². The number of rotatable bonds is 8. The van der Waals surface area contributed by atoms with Crippen molar-refractivity contribution < 1.29 is 19.1 Å². The Morgan fingerprint density at radius 1 is 1.00 bits per heavy atom. The average molecular weight is 374 g/mol. The lowest BCUT2D eigenvalue weighted by atomic mass is 10.3. The van der Waals surface area contributed by atoms with Crippen LogP contribution in [0.4, 0.5) is 11.4 Å². The topological polar surface area (TPSA) is 76.7 Å². The Morgan fingerprint density at radius 2 is 1.69 bits per heavy atom. The molecule has 0 aliphatic rings. The van der Waals surface area contributed by atoms with Crippen LogP contribution in [-0.4, -0.2) is 37.0 Å². The molecule has 0 heterocycles. The number of para-hydroxylation sites is 2. The molecule has 0 bridgehead atoms. The molecule has 2 aromatic rings. The molecule has 0 aliphatic carbocycles. The second-order valence-corrected chi connectivity index (χ2v) is 6.75. The highest BCUT2D eigenvalue weighted by atomic mass is 32.2. The molecule has 0 aliphatic heterocycles. The van der Waals surface area contributed by atoms with Gasteiger partial charge in [-0.1, -0.05) is 12.1 Å². The van der Waals surface area contributed by atoms with Gasteiger partial charge in [-0.05, 0) is 43.3 Å². The quantitative estimate of drug-likeness (QED) is 0.741. The number of hydrogen-bond donors (Lipinski definition) is 2. The van der Waals surface area contributed by atoms with Crippen molar-refractivity contribution in [2.75, 3.05) is 30.6 Å². The number of nitrogens with one attached hydrogen (secondary N) is 2. The second-order valence-electron chi connectivity index (χ2n) is 5.42. The van der Waals surface area contributed by atoms with E-state index in [9.17, 15) is 9.59 Å². The van der Waals surface area contributed by atoms with E-state index < -0.39 is 0 Å². The molecule has 2 rings (SSSR count). The number of hydrogen-bond acceptors (Lipinski definition) is 5. The van der Waals surface area contributed by atoms with E-state index in [1.165, 1.54) is 11.8 Å². The van der Waals surface area contributed by atoms with Crippen molar-refractivity contribution in [3.63, 3.8) is 0 Å². The van der Waals surface area contributed by atoms with Crippen LogP contribution in [0.5, 0.6) is 11.5 Å². The van der Waals surface area contributed by atoms with Gasteiger partial charge in [0.1, 0.15) is 11.5 Å². The van der Waals surface area contributed by atoms with Gasteiger partial charge in [0, 0.05) is 5.69 Å². The summed E-state index contributed by atoms with van der Waals surface area (Å²) in [5.41, 5.74) is 1.29. The van der Waals surface area contributed by atoms with Crippen LogP contribution in [0, 0.1) is 0 Å². The lowest BCUT2D eigenvalue weighted by Gasteiger charge is -2.13. The molecule has 6 nitrogen and oxygen atoms in total. The van der Waals surface area contributed by atoms with Gasteiger partial charge in [0.2, 0.25) is 11.8 Å². The van der Waals surface area contributed by atoms with E-state index in [-0.39, 0.29) is 22.8 Å². The molecule has 1 unspecified atom stereocenters. The van der Waals surface area contributed by atoms with E-state index >= 15 is 0 Å². The van der Waals surface area contributed by atoms with E-state index in [2.05, 4.69) is 10.6 Å². The number of amides is 2. The Kier molecular flexibility index (Phi) is 7.35. The van der Waals surface area contributed by atoms with E-state index in [1.54, 1.807) is 57.5 Å². The molecular weight excluding hydrogens is 352 g/mol. The van der Waals surface area contributed by atoms with Crippen LogP contribution < -0.4 is 20.1 Å². The van der Waals surface area contributed by atoms with Gasteiger partial charge < -0.3 is 20.1 Å². The van der Waals surface area contributed by atoms with Gasteiger partial charge >= 0.3 is 0 Å². The van der Waals surface area contributed by atoms with Gasteiger partial charge in [0.15, 0.2) is 0 Å². The minimum Gasteiger partial charge on any atom is -0.497 e. The molecule has 0 saturated heterocycles. The van der Waals surface area contributed by atoms with Crippen LogP contribution >= 0.6 is 11.8 Å². The molecule has 2 amide bonds. The van der Waals surface area contributed by atoms with E-state index in [4.69, 9.17) is 9.47 Å². The average Bonchev–Trinajstić information content (AvgIpc) is 2.67. The number of methoxy groups -OCH3 is 2. The summed E-state index contributed by atoms with van der Waals surface area (Å²) < 4.78 is 10.3. The third-order valence-corrected chi connectivity index (χ3v) is 4.72. The normalized spacial score (nSPS) is 11.3. The van der Waals surface area contributed by atoms with Gasteiger partial charge in [0.25, 0.3) is 0 Å². The summed E-state index contributed by atoms with van der Waals surface area (Å²) >= 11 is 1.26. The van der Waals surface area contributed by atoms with Crippen LogP contribution in [0.2, 0.25) is 0 Å². The van der Waals surface area contributed by atoms with Crippen molar-refractivity contribution in [1.82, 2.24) is 0 Å². The van der Waals surface area contributed by atoms with Crippen LogP contribution in [0.1, 0.15) is 6.92 Å². The molecule has 1 atom stereocenters. The van der Waals surface area contributed by atoms with Crippen LogP contribution in [0.3, 0.4) is 0 Å². The largest absolute Gasteiger partial charge is 0.497 e. The fourth-order valence-corrected chi connectivity index (χ4v) is 2.81. The number of benzene rings is 2. The highest BCUT2D eigenvalue weighted by Gasteiger charge is 2.16. The third-order valence-electron chi connectivity index (χ3n) is 3.57. The molecule has 138 valence electrons. The Bertz CT molecular complexity index is 749. The van der Waals surface area contributed by atoms with Crippen molar-refractivity contribution in [3.05, 3.63) is 48.5 Å². The zero-order valence-electron chi connectivity index (χ0n) is 14.9. The summed E-state index contributed by atoms with van der Waals surface area (Å²) in [5.74, 6) is 1.12. The molecule has 2 N–H and O–H groups in total. The summed E-state index contributed by atoms with van der Waals surface area (Å²) in [5, 5.41) is 5.23. The number of thioether (sulfide) groups is 1. The first kappa shape index (κ1) is 19.7. The van der Waals surface area contributed by atoms with E-state index in [0.29, 0.717) is 17.1 Å². The Labute approximate surface area is 157 Å². The van der Waals surface area contributed by atoms with E-state index in [0.717, 1.165) is 5.75 Å². The molecule has 0 saturated carbocycles. The first-order valence-electron chi connectivity index (χ1n) is 8.03. The fraction of sp³-hybridized carbons (Fsp3) is 0.263. The molecule has 0 radical (unpaired) electrons. The Morgan fingerprint density at radius 3 is 2.35 bits per heavy atom. The molecule has 0 spiro atoms. The molecular formula is C19H22N2O4S. The Hall–Kier alpha value is -2.67. The first-order chi connectivity index (χ1) is 12.5. The standard InChI is InChI=1S/C19H22N2O4S/c1-13(19(23)20-14-8-10-15(24-2)11-9-14)26-12-18(22)21-16-6-4-5-7-17(16)25-3/h4-11,13H,12H2,1-3H3,(H,20,23)(H,21,22). The first-order valence-corrected chi connectivity index (χ1v) is 9.07. The molecule has 0 fully saturated rings. The zero-order chi connectivity index (χ0) is 18.9. The molecule has 7 heteroatoms. The van der Waals surface area contributed by atoms with Gasteiger partial charge in [-0.15, -0.1) is 11.8 Å². The fourth-order valence-electron chi connectivity index (χ4n) is 2.13. The van der Waals surface area contributed by atoms with Crippen molar-refractivity contribution in [1.29, 1.82) is 0 Å². The van der Waals surface area contributed by atoms with Crippen molar-refractivity contribution in [2.24, 2.45) is 0 Å². The molecule has 26 heavy (non-hydrogen) atoms. The van der Waals surface area contributed by atoms with Gasteiger partial charge in [0.05, 0.1) is 30.9 Å². The maximum absolute atomic E-state index is 12.2. The van der Waals surface area contributed by atoms with Gasteiger partial charge in [-0.2, -0.15) is 0 Å². The smallest absolute Gasteiger partial charge is 0.237 e. The predicted molar refractivity (Wildman–Crippen MR) is 105 cm³/mol. The summed E-state index contributed by atoms with van der Waals surface area (Å²) in [4.78, 5) is 24.3. The minimum absolute atomic E-state index is 0.162. The number of carbonyl (C=O) groups is 2. The monoisotopic (exact) mass is 374 g/mol. The summed E-state index contributed by atoms with van der Waals surface area (Å²) in [6, 6.07) is 14.3. The summed E-state index contributed by atoms with van der Waals surface area (Å²) in [6.45, 7) is 1.76. The number of anilines is 2. The Balaban J connectivity index is 1.81. The lowest BCUT2D eigenvalue weighted by molar-refractivity contribution is -0.115. The number of ether oxygens (including phenoxy) is 2. The summed E-state index contributed by atoms with van der Waals surface area (Å²) in [6.07, 6.45) is 0. The third kappa shape index (κ3) is 5.70. The maximum Gasteiger partial charge on any atom is 0.237 e. The highest BCUT2D eigenvalue weighted by Crippen LogP contribution is 2.23. The summed E-state index contributed by atoms with van der Waals surface area (Å²) in [7, 11) is 3.13. The van der Waals surface area contributed by atoms with Crippen LogP contribution in [0.15, 0.2) is 48.5 Å². The van der Waals surface area contributed by atoms with Crippen molar-refractivity contribution >= 4 is 35.0 Å². The minimum atomic E-state index is -0.375. The van der Waals surface area contributed by atoms with Crippen LogP contribution in [0.25, 0.3) is 0 Å². The molecule has 2 aromatic carbocycles.